The molecule has 2 fully saturated rings. The first-order valence-electron chi connectivity index (χ1n) is 7.27. The lowest BCUT2D eigenvalue weighted by Crippen LogP contribution is -2.49. The number of amides is 1. The highest BCUT2D eigenvalue weighted by Crippen LogP contribution is 2.53. The summed E-state index contributed by atoms with van der Waals surface area (Å²) in [7, 11) is 0. The molecular weight excluding hydrogens is 236 g/mol. The summed E-state index contributed by atoms with van der Waals surface area (Å²) in [4.78, 5) is 16.7. The summed E-state index contributed by atoms with van der Waals surface area (Å²) in [6, 6.07) is 5.62. The first kappa shape index (κ1) is 12.6. The van der Waals surface area contributed by atoms with Gasteiger partial charge in [0.25, 0.3) is 5.91 Å². The van der Waals surface area contributed by atoms with Crippen molar-refractivity contribution in [2.24, 2.45) is 5.41 Å². The highest BCUT2D eigenvalue weighted by molar-refractivity contribution is 5.92. The fourth-order valence-corrected chi connectivity index (χ4v) is 3.96. The van der Waals surface area contributed by atoms with E-state index in [2.05, 4.69) is 17.2 Å². The average Bonchev–Trinajstić information content (AvgIpc) is 2.59. The molecule has 1 N–H and O–H groups in total. The van der Waals surface area contributed by atoms with Crippen LogP contribution in [-0.4, -0.2) is 16.4 Å². The van der Waals surface area contributed by atoms with Crippen LogP contribution in [0.4, 0.5) is 0 Å². The van der Waals surface area contributed by atoms with Gasteiger partial charge in [-0.25, -0.2) is 4.98 Å². The third-order valence-corrected chi connectivity index (χ3v) is 4.91. The van der Waals surface area contributed by atoms with Crippen LogP contribution < -0.4 is 5.32 Å². The Labute approximate surface area is 114 Å². The molecular formula is C16H22N2O. The van der Waals surface area contributed by atoms with Gasteiger partial charge in [0.15, 0.2) is 0 Å². The third kappa shape index (κ3) is 2.38. The minimum absolute atomic E-state index is 0.00477. The number of carbonyl (C=O) groups excluding carboxylic acids is 1. The predicted octanol–water partition coefficient (Wildman–Crippen LogP) is 3.23. The quantitative estimate of drug-likeness (QED) is 0.885. The second kappa shape index (κ2) is 4.32. The summed E-state index contributed by atoms with van der Waals surface area (Å²) in [5.74, 6) is -0.00477. The van der Waals surface area contributed by atoms with Gasteiger partial charge in [-0.2, -0.15) is 0 Å². The fraction of sp³-hybridized carbons (Fsp3) is 0.625. The molecule has 0 saturated heterocycles. The first-order chi connectivity index (χ1) is 9.00. The van der Waals surface area contributed by atoms with Crippen molar-refractivity contribution in [1.29, 1.82) is 0 Å². The number of hydrogen-bond donors (Lipinski definition) is 1. The van der Waals surface area contributed by atoms with Gasteiger partial charge in [-0.15, -0.1) is 0 Å². The molecule has 2 aliphatic carbocycles. The van der Waals surface area contributed by atoms with Crippen molar-refractivity contribution < 1.29 is 4.79 Å². The number of carbonyl (C=O) groups is 1. The van der Waals surface area contributed by atoms with Gasteiger partial charge in [0.1, 0.15) is 5.69 Å². The van der Waals surface area contributed by atoms with Gasteiger partial charge in [0.2, 0.25) is 0 Å². The lowest BCUT2D eigenvalue weighted by atomic mass is 9.74. The van der Waals surface area contributed by atoms with E-state index in [1.807, 2.05) is 19.1 Å². The molecule has 0 spiro atoms. The van der Waals surface area contributed by atoms with Gasteiger partial charge in [0, 0.05) is 11.2 Å². The zero-order valence-corrected chi connectivity index (χ0v) is 11.8. The van der Waals surface area contributed by atoms with E-state index >= 15 is 0 Å². The molecule has 0 radical (unpaired) electrons. The molecule has 1 heterocycles. The Morgan fingerprint density at radius 3 is 2.89 bits per heavy atom. The average molecular weight is 258 g/mol. The van der Waals surface area contributed by atoms with Crippen LogP contribution in [0.1, 0.15) is 61.6 Å². The molecule has 0 aromatic carbocycles. The van der Waals surface area contributed by atoms with E-state index in [0.29, 0.717) is 11.1 Å². The normalized spacial score (nSPS) is 33.2. The zero-order chi connectivity index (χ0) is 13.5. The lowest BCUT2D eigenvalue weighted by molar-refractivity contribution is 0.0856. The predicted molar refractivity (Wildman–Crippen MR) is 75.0 cm³/mol. The van der Waals surface area contributed by atoms with Crippen LogP contribution in [0.25, 0.3) is 0 Å². The van der Waals surface area contributed by atoms with Gasteiger partial charge in [-0.1, -0.05) is 19.4 Å². The van der Waals surface area contributed by atoms with E-state index in [4.69, 9.17) is 0 Å². The SMILES string of the molecule is Cc1cccc(C(=O)NC23CCCC(C)(CC2)C3)n1. The number of nitrogens with zero attached hydrogens (tertiary/aromatic N) is 1. The topological polar surface area (TPSA) is 42.0 Å². The van der Waals surface area contributed by atoms with E-state index in [9.17, 15) is 4.79 Å². The van der Waals surface area contributed by atoms with Gasteiger partial charge < -0.3 is 5.32 Å². The molecule has 2 bridgehead atoms. The van der Waals surface area contributed by atoms with Crippen molar-refractivity contribution in [2.45, 2.75) is 57.9 Å². The Morgan fingerprint density at radius 2 is 2.11 bits per heavy atom. The smallest absolute Gasteiger partial charge is 0.270 e. The van der Waals surface area contributed by atoms with Gasteiger partial charge in [0.05, 0.1) is 0 Å². The van der Waals surface area contributed by atoms with Gasteiger partial charge >= 0.3 is 0 Å². The number of aryl methyl sites for hydroxylation is 1. The molecule has 2 atom stereocenters. The summed E-state index contributed by atoms with van der Waals surface area (Å²) >= 11 is 0. The second-order valence-corrected chi connectivity index (χ2v) is 6.74. The number of aromatic nitrogens is 1. The van der Waals surface area contributed by atoms with Crippen LogP contribution in [0.3, 0.4) is 0 Å². The van der Waals surface area contributed by atoms with Gasteiger partial charge in [-0.05, 0) is 56.6 Å². The minimum Gasteiger partial charge on any atom is -0.345 e. The molecule has 1 aromatic rings. The van der Waals surface area contributed by atoms with Crippen molar-refractivity contribution in [2.75, 3.05) is 0 Å². The van der Waals surface area contributed by atoms with Crippen molar-refractivity contribution in [3.8, 4) is 0 Å². The molecule has 0 aliphatic heterocycles. The summed E-state index contributed by atoms with van der Waals surface area (Å²) < 4.78 is 0. The molecule has 3 nitrogen and oxygen atoms in total. The number of nitrogens with one attached hydrogen (secondary N) is 1. The number of rotatable bonds is 2. The van der Waals surface area contributed by atoms with E-state index in [-0.39, 0.29) is 11.4 Å². The highest BCUT2D eigenvalue weighted by Gasteiger charge is 2.49. The first-order valence-corrected chi connectivity index (χ1v) is 7.27. The third-order valence-electron chi connectivity index (χ3n) is 4.91. The van der Waals surface area contributed by atoms with E-state index in [1.165, 1.54) is 19.3 Å². The molecule has 3 heteroatoms. The fourth-order valence-electron chi connectivity index (χ4n) is 3.96. The van der Waals surface area contributed by atoms with Crippen LogP contribution >= 0.6 is 0 Å². The molecule has 2 unspecified atom stereocenters. The second-order valence-electron chi connectivity index (χ2n) is 6.74. The molecule has 102 valence electrons. The maximum absolute atomic E-state index is 12.4. The Morgan fingerprint density at radius 1 is 1.26 bits per heavy atom. The summed E-state index contributed by atoms with van der Waals surface area (Å²) in [5.41, 5.74) is 1.93. The number of fused-ring (bicyclic) bond motifs is 2. The lowest BCUT2D eigenvalue weighted by Gasteiger charge is -2.38. The molecule has 2 aliphatic rings. The van der Waals surface area contributed by atoms with Crippen LogP contribution in [0, 0.1) is 12.3 Å². The van der Waals surface area contributed by atoms with E-state index in [1.54, 1.807) is 6.07 Å². The zero-order valence-electron chi connectivity index (χ0n) is 11.8. The standard InChI is InChI=1S/C16H22N2O/c1-12-5-3-6-13(17-12)14(19)18-16-8-4-7-15(2,11-16)9-10-16/h3,5-6H,4,7-11H2,1-2H3,(H,18,19). The Bertz CT molecular complexity index is 513. The molecule has 3 rings (SSSR count). The number of hydrogen-bond acceptors (Lipinski definition) is 2. The van der Waals surface area contributed by atoms with Gasteiger partial charge in [-0.3, -0.25) is 4.79 Å². The summed E-state index contributed by atoms with van der Waals surface area (Å²) in [5, 5.41) is 3.29. The van der Waals surface area contributed by atoms with Crippen molar-refractivity contribution >= 4 is 5.91 Å². The monoisotopic (exact) mass is 258 g/mol. The molecule has 1 amide bonds. The van der Waals surface area contributed by atoms with E-state index < -0.39 is 0 Å². The van der Waals surface area contributed by atoms with Crippen LogP contribution in [0.15, 0.2) is 18.2 Å². The highest BCUT2D eigenvalue weighted by atomic mass is 16.2. The minimum atomic E-state index is -0.00477. The number of pyridine rings is 1. The maximum Gasteiger partial charge on any atom is 0.270 e. The summed E-state index contributed by atoms with van der Waals surface area (Å²) in [6.07, 6.45) is 7.18. The molecule has 2 saturated carbocycles. The maximum atomic E-state index is 12.4. The van der Waals surface area contributed by atoms with Crippen LogP contribution in [0.2, 0.25) is 0 Å². The Kier molecular flexibility index (Phi) is 2.88. The Hall–Kier alpha value is -1.38. The van der Waals surface area contributed by atoms with Crippen molar-refractivity contribution in [1.82, 2.24) is 10.3 Å². The van der Waals surface area contributed by atoms with Crippen molar-refractivity contribution in [3.63, 3.8) is 0 Å². The van der Waals surface area contributed by atoms with Crippen molar-refractivity contribution in [3.05, 3.63) is 29.6 Å². The summed E-state index contributed by atoms with van der Waals surface area (Å²) in [6.45, 7) is 4.29. The molecule has 19 heavy (non-hydrogen) atoms. The van der Waals surface area contributed by atoms with Crippen LogP contribution in [-0.2, 0) is 0 Å². The van der Waals surface area contributed by atoms with Crippen LogP contribution in [0.5, 0.6) is 0 Å². The Balaban J connectivity index is 1.77. The van der Waals surface area contributed by atoms with E-state index in [0.717, 1.165) is 25.0 Å². The molecule has 1 aromatic heterocycles. The largest absolute Gasteiger partial charge is 0.345 e.